The third kappa shape index (κ3) is 8.25. The van der Waals surface area contributed by atoms with E-state index in [-0.39, 0.29) is 18.2 Å². The van der Waals surface area contributed by atoms with Crippen molar-refractivity contribution in [2.24, 2.45) is 0 Å². The third-order valence-electron chi connectivity index (χ3n) is 5.11. The van der Waals surface area contributed by atoms with Crippen LogP contribution in [0.25, 0.3) is 0 Å². The fourth-order valence-electron chi connectivity index (χ4n) is 3.13. The van der Waals surface area contributed by atoms with Crippen LogP contribution in [0.3, 0.4) is 0 Å². The molecule has 2 aromatic carbocycles. The first-order valence-corrected chi connectivity index (χ1v) is 10.7. The first-order chi connectivity index (χ1) is 14.9. The molecule has 0 saturated carbocycles. The van der Waals surface area contributed by atoms with Gasteiger partial charge in [0.2, 0.25) is 0 Å². The standard InChI is InChI=1S/C27H32O4/c1-5-21(4)30-15-7-8-16-31-27(29)18-23-10-12-24(13-11-23)26(28)19-25-14-9-22(6-2)17-20(25)3/h5,9-14,17H,1,4,6-8,15-16,18-19H2,2-3H3. The highest BCUT2D eigenvalue weighted by Gasteiger charge is 2.11. The van der Waals surface area contributed by atoms with Crippen molar-refractivity contribution in [3.63, 3.8) is 0 Å². The van der Waals surface area contributed by atoms with Crippen LogP contribution >= 0.6 is 0 Å². The van der Waals surface area contributed by atoms with Gasteiger partial charge in [-0.1, -0.05) is 62.5 Å². The molecule has 4 nitrogen and oxygen atoms in total. The lowest BCUT2D eigenvalue weighted by atomic mass is 9.96. The zero-order chi connectivity index (χ0) is 22.6. The van der Waals surface area contributed by atoms with Crippen LogP contribution in [0.15, 0.2) is 67.5 Å². The number of ether oxygens (including phenoxy) is 2. The molecule has 2 aromatic rings. The Labute approximate surface area is 185 Å². The van der Waals surface area contributed by atoms with E-state index in [1.165, 1.54) is 5.56 Å². The number of hydrogen-bond donors (Lipinski definition) is 0. The number of Topliss-reactive ketones (excluding diaryl/α,β-unsaturated/α-hetero) is 1. The summed E-state index contributed by atoms with van der Waals surface area (Å²) in [6.07, 6.45) is 4.61. The van der Waals surface area contributed by atoms with E-state index in [0.717, 1.165) is 36.0 Å². The smallest absolute Gasteiger partial charge is 0.310 e. The minimum Gasteiger partial charge on any atom is -0.494 e. The Morgan fingerprint density at radius 3 is 2.19 bits per heavy atom. The van der Waals surface area contributed by atoms with Gasteiger partial charge in [-0.15, -0.1) is 0 Å². The number of rotatable bonds is 13. The molecule has 0 aliphatic carbocycles. The van der Waals surface area contributed by atoms with Crippen LogP contribution in [0.1, 0.15) is 52.4 Å². The van der Waals surface area contributed by atoms with Crippen LogP contribution in [-0.2, 0) is 33.5 Å². The third-order valence-corrected chi connectivity index (χ3v) is 5.11. The molecule has 0 aromatic heterocycles. The number of hydrogen-bond acceptors (Lipinski definition) is 4. The molecular formula is C27H32O4. The van der Waals surface area contributed by atoms with Crippen LogP contribution in [0.2, 0.25) is 0 Å². The number of benzene rings is 2. The number of carbonyl (C=O) groups is 2. The van der Waals surface area contributed by atoms with Crippen molar-refractivity contribution in [2.75, 3.05) is 13.2 Å². The predicted molar refractivity (Wildman–Crippen MR) is 124 cm³/mol. The van der Waals surface area contributed by atoms with Gasteiger partial charge in [0.15, 0.2) is 5.78 Å². The van der Waals surface area contributed by atoms with Crippen LogP contribution in [-0.4, -0.2) is 25.0 Å². The van der Waals surface area contributed by atoms with Crippen molar-refractivity contribution >= 4 is 11.8 Å². The fraction of sp³-hybridized carbons (Fsp3) is 0.333. The Morgan fingerprint density at radius 2 is 1.58 bits per heavy atom. The summed E-state index contributed by atoms with van der Waals surface area (Å²) in [7, 11) is 0. The van der Waals surface area contributed by atoms with Gasteiger partial charge in [0, 0.05) is 12.0 Å². The molecule has 0 spiro atoms. The minimum atomic E-state index is -0.276. The summed E-state index contributed by atoms with van der Waals surface area (Å²) in [4.78, 5) is 24.6. The molecule has 0 aliphatic heterocycles. The van der Waals surface area contributed by atoms with E-state index >= 15 is 0 Å². The van der Waals surface area contributed by atoms with Gasteiger partial charge in [-0.3, -0.25) is 9.59 Å². The quantitative estimate of drug-likeness (QED) is 0.140. The SMILES string of the molecule is C=CC(=C)OCCCCOC(=O)Cc1ccc(C(=O)Cc2ccc(CC)cc2C)cc1. The molecule has 0 N–H and O–H groups in total. The van der Waals surface area contributed by atoms with Gasteiger partial charge < -0.3 is 9.47 Å². The molecule has 2 rings (SSSR count). The molecule has 0 atom stereocenters. The molecule has 4 heteroatoms. The lowest BCUT2D eigenvalue weighted by Crippen LogP contribution is -2.10. The van der Waals surface area contributed by atoms with Crippen LogP contribution in [0, 0.1) is 6.92 Å². The zero-order valence-electron chi connectivity index (χ0n) is 18.6. The summed E-state index contributed by atoms with van der Waals surface area (Å²) in [5, 5.41) is 0. The summed E-state index contributed by atoms with van der Waals surface area (Å²) in [5.74, 6) is 0.341. The van der Waals surface area contributed by atoms with E-state index in [1.807, 2.05) is 25.1 Å². The first kappa shape index (κ1) is 24.1. The summed E-state index contributed by atoms with van der Waals surface area (Å²) in [6, 6.07) is 13.5. The van der Waals surface area contributed by atoms with Gasteiger partial charge in [0.1, 0.15) is 5.76 Å². The van der Waals surface area contributed by atoms with Gasteiger partial charge in [-0.25, -0.2) is 0 Å². The maximum Gasteiger partial charge on any atom is 0.310 e. The first-order valence-electron chi connectivity index (χ1n) is 10.7. The zero-order valence-corrected chi connectivity index (χ0v) is 18.6. The molecule has 0 heterocycles. The summed E-state index contributed by atoms with van der Waals surface area (Å²) >= 11 is 0. The van der Waals surface area contributed by atoms with Crippen LogP contribution in [0.4, 0.5) is 0 Å². The Morgan fingerprint density at radius 1 is 0.935 bits per heavy atom. The molecule has 0 aliphatic rings. The molecule has 31 heavy (non-hydrogen) atoms. The molecule has 164 valence electrons. The number of unbranched alkanes of at least 4 members (excludes halogenated alkanes) is 1. The van der Waals surface area contributed by atoms with Crippen molar-refractivity contribution in [3.05, 3.63) is 95.3 Å². The van der Waals surface area contributed by atoms with E-state index in [1.54, 1.807) is 18.2 Å². The second-order valence-electron chi connectivity index (χ2n) is 7.53. The summed E-state index contributed by atoms with van der Waals surface area (Å²) in [6.45, 7) is 12.3. The molecule has 0 radical (unpaired) electrons. The van der Waals surface area contributed by atoms with E-state index in [4.69, 9.17) is 9.47 Å². The van der Waals surface area contributed by atoms with E-state index in [9.17, 15) is 9.59 Å². The van der Waals surface area contributed by atoms with Crippen molar-refractivity contribution in [1.82, 2.24) is 0 Å². The highest BCUT2D eigenvalue weighted by molar-refractivity contribution is 5.97. The van der Waals surface area contributed by atoms with Crippen molar-refractivity contribution < 1.29 is 19.1 Å². The molecule has 0 bridgehead atoms. The van der Waals surface area contributed by atoms with Crippen molar-refractivity contribution in [3.8, 4) is 0 Å². The van der Waals surface area contributed by atoms with Gasteiger partial charge in [-0.05, 0) is 54.5 Å². The molecule has 0 amide bonds. The Hall–Kier alpha value is -3.14. The molecular weight excluding hydrogens is 388 g/mol. The molecule has 0 unspecified atom stereocenters. The average Bonchev–Trinajstić information content (AvgIpc) is 2.77. The van der Waals surface area contributed by atoms with Gasteiger partial charge in [0.05, 0.1) is 19.6 Å². The topological polar surface area (TPSA) is 52.6 Å². The Kier molecular flexibility index (Phi) is 9.76. The normalized spacial score (nSPS) is 10.4. The fourth-order valence-corrected chi connectivity index (χ4v) is 3.13. The van der Waals surface area contributed by atoms with E-state index in [2.05, 4.69) is 32.2 Å². The number of ketones is 1. The summed E-state index contributed by atoms with van der Waals surface area (Å²) < 4.78 is 10.6. The van der Waals surface area contributed by atoms with Crippen molar-refractivity contribution in [1.29, 1.82) is 0 Å². The Bertz CT molecular complexity index is 909. The average molecular weight is 421 g/mol. The monoisotopic (exact) mass is 420 g/mol. The molecule has 0 saturated heterocycles. The van der Waals surface area contributed by atoms with Gasteiger partial charge in [0.25, 0.3) is 0 Å². The van der Waals surface area contributed by atoms with Crippen LogP contribution < -0.4 is 0 Å². The Balaban J connectivity index is 1.76. The number of carbonyl (C=O) groups excluding carboxylic acids is 2. The van der Waals surface area contributed by atoms with Gasteiger partial charge >= 0.3 is 5.97 Å². The van der Waals surface area contributed by atoms with Gasteiger partial charge in [-0.2, -0.15) is 0 Å². The number of aryl methyl sites for hydroxylation is 2. The predicted octanol–water partition coefficient (Wildman–Crippen LogP) is 5.57. The van der Waals surface area contributed by atoms with E-state index in [0.29, 0.717) is 31.0 Å². The van der Waals surface area contributed by atoms with Crippen molar-refractivity contribution in [2.45, 2.75) is 46.0 Å². The highest BCUT2D eigenvalue weighted by atomic mass is 16.5. The maximum absolute atomic E-state index is 12.6. The minimum absolute atomic E-state index is 0.0721. The lowest BCUT2D eigenvalue weighted by Gasteiger charge is -2.08. The highest BCUT2D eigenvalue weighted by Crippen LogP contribution is 2.15. The second-order valence-corrected chi connectivity index (χ2v) is 7.53. The molecule has 0 fully saturated rings. The largest absolute Gasteiger partial charge is 0.494 e. The number of allylic oxidation sites excluding steroid dienone is 1. The summed E-state index contributed by atoms with van der Waals surface area (Å²) in [5.41, 5.74) is 4.95. The van der Waals surface area contributed by atoms with E-state index < -0.39 is 0 Å². The van der Waals surface area contributed by atoms with Crippen LogP contribution in [0.5, 0.6) is 0 Å². The maximum atomic E-state index is 12.6. The number of esters is 1. The second kappa shape index (κ2) is 12.5. The lowest BCUT2D eigenvalue weighted by molar-refractivity contribution is -0.143.